The monoisotopic (exact) mass is 297 g/mol. The minimum absolute atomic E-state index is 0.0499. The molecule has 7 nitrogen and oxygen atoms in total. The Morgan fingerprint density at radius 1 is 1.30 bits per heavy atom. The molecule has 0 radical (unpaired) electrons. The first kappa shape index (κ1) is 14.4. The highest BCUT2D eigenvalue weighted by Gasteiger charge is 2.19. The SMILES string of the molecule is O=C(O)c1csc(C(=O)NCC(=O)N2CCCCC2)n1. The Balaban J connectivity index is 1.84. The summed E-state index contributed by atoms with van der Waals surface area (Å²) >= 11 is 0.944. The molecular weight excluding hydrogens is 282 g/mol. The molecule has 0 bridgehead atoms. The van der Waals surface area contributed by atoms with Crippen LogP contribution in [0.3, 0.4) is 0 Å². The number of thiazole rings is 1. The van der Waals surface area contributed by atoms with Crippen LogP contribution in [-0.2, 0) is 4.79 Å². The molecule has 2 amide bonds. The minimum atomic E-state index is -1.18. The van der Waals surface area contributed by atoms with Crippen LogP contribution >= 0.6 is 11.3 Å². The van der Waals surface area contributed by atoms with Crippen molar-refractivity contribution in [1.82, 2.24) is 15.2 Å². The fraction of sp³-hybridized carbons (Fsp3) is 0.500. The lowest BCUT2D eigenvalue weighted by Crippen LogP contribution is -2.42. The van der Waals surface area contributed by atoms with E-state index in [-0.39, 0.29) is 23.2 Å². The Hall–Kier alpha value is -1.96. The van der Waals surface area contributed by atoms with Crippen molar-refractivity contribution in [3.05, 3.63) is 16.1 Å². The van der Waals surface area contributed by atoms with Crippen molar-refractivity contribution in [2.45, 2.75) is 19.3 Å². The van der Waals surface area contributed by atoms with Gasteiger partial charge in [0.15, 0.2) is 10.7 Å². The molecule has 1 aliphatic heterocycles. The predicted molar refractivity (Wildman–Crippen MR) is 71.8 cm³/mol. The van der Waals surface area contributed by atoms with Gasteiger partial charge in [-0.05, 0) is 19.3 Å². The number of nitrogens with zero attached hydrogens (tertiary/aromatic N) is 2. The van der Waals surface area contributed by atoms with E-state index in [9.17, 15) is 14.4 Å². The van der Waals surface area contributed by atoms with E-state index in [1.807, 2.05) is 0 Å². The first-order chi connectivity index (χ1) is 9.58. The van der Waals surface area contributed by atoms with Crippen LogP contribution in [0, 0.1) is 0 Å². The van der Waals surface area contributed by atoms with Crippen molar-refractivity contribution >= 4 is 29.1 Å². The van der Waals surface area contributed by atoms with Crippen molar-refractivity contribution < 1.29 is 19.5 Å². The number of likely N-dealkylation sites (tertiary alicyclic amines) is 1. The normalized spacial score (nSPS) is 14.9. The number of nitrogens with one attached hydrogen (secondary N) is 1. The third kappa shape index (κ3) is 3.53. The first-order valence-corrected chi connectivity index (χ1v) is 7.20. The van der Waals surface area contributed by atoms with Crippen molar-refractivity contribution in [3.63, 3.8) is 0 Å². The van der Waals surface area contributed by atoms with Crippen LogP contribution in [0.5, 0.6) is 0 Å². The summed E-state index contributed by atoms with van der Waals surface area (Å²) in [5.74, 6) is -1.81. The van der Waals surface area contributed by atoms with Gasteiger partial charge in [0, 0.05) is 18.5 Å². The molecular formula is C12H15N3O4S. The molecule has 1 aromatic rings. The molecule has 108 valence electrons. The van der Waals surface area contributed by atoms with Crippen LogP contribution in [0.2, 0.25) is 0 Å². The topological polar surface area (TPSA) is 99.6 Å². The second kappa shape index (κ2) is 6.47. The summed E-state index contributed by atoms with van der Waals surface area (Å²) in [6.07, 6.45) is 3.12. The van der Waals surface area contributed by atoms with E-state index in [1.54, 1.807) is 4.90 Å². The summed E-state index contributed by atoms with van der Waals surface area (Å²) in [5.41, 5.74) is -0.164. The van der Waals surface area contributed by atoms with E-state index in [0.29, 0.717) is 0 Å². The number of hydrogen-bond donors (Lipinski definition) is 2. The van der Waals surface area contributed by atoms with Gasteiger partial charge in [-0.2, -0.15) is 0 Å². The van der Waals surface area contributed by atoms with Gasteiger partial charge in [-0.15, -0.1) is 11.3 Å². The van der Waals surface area contributed by atoms with Gasteiger partial charge in [0.2, 0.25) is 5.91 Å². The predicted octanol–water partition coefficient (Wildman–Crippen LogP) is 0.584. The molecule has 0 saturated carbocycles. The largest absolute Gasteiger partial charge is 0.476 e. The highest BCUT2D eigenvalue weighted by molar-refractivity contribution is 7.11. The summed E-state index contributed by atoms with van der Waals surface area (Å²) in [7, 11) is 0. The number of aromatic nitrogens is 1. The lowest BCUT2D eigenvalue weighted by atomic mass is 10.1. The average molecular weight is 297 g/mol. The molecule has 0 atom stereocenters. The summed E-state index contributed by atoms with van der Waals surface area (Å²) in [6, 6.07) is 0. The Labute approximate surface area is 119 Å². The van der Waals surface area contributed by atoms with Crippen molar-refractivity contribution in [2.24, 2.45) is 0 Å². The number of hydrogen-bond acceptors (Lipinski definition) is 5. The highest BCUT2D eigenvalue weighted by Crippen LogP contribution is 2.10. The standard InChI is InChI=1S/C12H15N3O4S/c16-9(15-4-2-1-3-5-15)6-13-10(17)11-14-8(7-20-11)12(18)19/h7H,1-6H2,(H,13,17)(H,18,19). The van der Waals surface area contributed by atoms with Gasteiger partial charge < -0.3 is 15.3 Å². The molecule has 2 N–H and O–H groups in total. The molecule has 1 aliphatic rings. The molecule has 8 heteroatoms. The minimum Gasteiger partial charge on any atom is -0.476 e. The van der Waals surface area contributed by atoms with Gasteiger partial charge in [-0.3, -0.25) is 9.59 Å². The van der Waals surface area contributed by atoms with E-state index in [1.165, 1.54) is 5.38 Å². The summed E-state index contributed by atoms with van der Waals surface area (Å²) in [5, 5.41) is 12.5. The maximum atomic E-state index is 11.8. The lowest BCUT2D eigenvalue weighted by molar-refractivity contribution is -0.130. The van der Waals surface area contributed by atoms with Crippen molar-refractivity contribution in [3.8, 4) is 0 Å². The number of aromatic carboxylic acids is 1. The second-order valence-corrected chi connectivity index (χ2v) is 5.33. The highest BCUT2D eigenvalue weighted by atomic mass is 32.1. The van der Waals surface area contributed by atoms with Gasteiger partial charge in [0.25, 0.3) is 5.91 Å². The summed E-state index contributed by atoms with van der Waals surface area (Å²) in [6.45, 7) is 1.38. The maximum absolute atomic E-state index is 11.8. The number of carbonyl (C=O) groups excluding carboxylic acids is 2. The molecule has 0 spiro atoms. The van der Waals surface area contributed by atoms with Crippen LogP contribution in [0.4, 0.5) is 0 Å². The van der Waals surface area contributed by atoms with Gasteiger partial charge in [-0.25, -0.2) is 9.78 Å². The quantitative estimate of drug-likeness (QED) is 0.847. The van der Waals surface area contributed by atoms with Crippen LogP contribution in [0.15, 0.2) is 5.38 Å². The lowest BCUT2D eigenvalue weighted by Gasteiger charge is -2.26. The molecule has 20 heavy (non-hydrogen) atoms. The zero-order valence-electron chi connectivity index (χ0n) is 10.8. The Bertz CT molecular complexity index is 523. The second-order valence-electron chi connectivity index (χ2n) is 4.47. The van der Waals surface area contributed by atoms with Crippen LogP contribution in [-0.4, -0.2) is 52.4 Å². The van der Waals surface area contributed by atoms with Gasteiger partial charge in [0.05, 0.1) is 6.54 Å². The molecule has 2 rings (SSSR count). The third-order valence-corrected chi connectivity index (χ3v) is 3.87. The van der Waals surface area contributed by atoms with E-state index in [0.717, 1.165) is 43.7 Å². The van der Waals surface area contributed by atoms with Crippen molar-refractivity contribution in [1.29, 1.82) is 0 Å². The smallest absolute Gasteiger partial charge is 0.355 e. The number of carbonyl (C=O) groups is 3. The van der Waals surface area contributed by atoms with Crippen LogP contribution < -0.4 is 5.32 Å². The zero-order valence-corrected chi connectivity index (χ0v) is 11.6. The van der Waals surface area contributed by atoms with Gasteiger partial charge in [0.1, 0.15) is 0 Å². The van der Waals surface area contributed by atoms with Gasteiger partial charge >= 0.3 is 5.97 Å². The molecule has 2 heterocycles. The Morgan fingerprint density at radius 2 is 2.00 bits per heavy atom. The summed E-state index contributed by atoms with van der Waals surface area (Å²) < 4.78 is 0. The Kier molecular flexibility index (Phi) is 4.67. The van der Waals surface area contributed by atoms with E-state index in [2.05, 4.69) is 10.3 Å². The first-order valence-electron chi connectivity index (χ1n) is 6.32. The van der Waals surface area contributed by atoms with Gasteiger partial charge in [-0.1, -0.05) is 0 Å². The van der Waals surface area contributed by atoms with Crippen LogP contribution in [0.25, 0.3) is 0 Å². The molecule has 0 aromatic carbocycles. The van der Waals surface area contributed by atoms with E-state index < -0.39 is 11.9 Å². The molecule has 1 saturated heterocycles. The fourth-order valence-electron chi connectivity index (χ4n) is 1.96. The maximum Gasteiger partial charge on any atom is 0.355 e. The van der Waals surface area contributed by atoms with E-state index in [4.69, 9.17) is 5.11 Å². The summed E-state index contributed by atoms with van der Waals surface area (Å²) in [4.78, 5) is 39.7. The third-order valence-electron chi connectivity index (χ3n) is 3.03. The average Bonchev–Trinajstić information content (AvgIpc) is 2.95. The molecule has 0 unspecified atom stereocenters. The molecule has 0 aliphatic carbocycles. The van der Waals surface area contributed by atoms with E-state index >= 15 is 0 Å². The zero-order chi connectivity index (χ0) is 14.5. The number of carboxylic acid groups (broad SMARTS) is 1. The number of piperidine rings is 1. The number of amides is 2. The van der Waals surface area contributed by atoms with Crippen molar-refractivity contribution in [2.75, 3.05) is 19.6 Å². The van der Waals surface area contributed by atoms with Crippen LogP contribution in [0.1, 0.15) is 39.6 Å². The number of carboxylic acids is 1. The molecule has 1 fully saturated rings. The number of rotatable bonds is 4. The Morgan fingerprint density at radius 3 is 2.60 bits per heavy atom. The molecule has 1 aromatic heterocycles. The fourth-order valence-corrected chi connectivity index (χ4v) is 2.67.